The van der Waals surface area contributed by atoms with E-state index in [1.165, 1.54) is 18.1 Å². The molecule has 2 fully saturated rings. The number of hydrogen-bond donors (Lipinski definition) is 1. The lowest BCUT2D eigenvalue weighted by atomic mass is 9.81. The summed E-state index contributed by atoms with van der Waals surface area (Å²) in [6.07, 6.45) is 3.38. The quantitative estimate of drug-likeness (QED) is 0.591. The maximum absolute atomic E-state index is 13.2. The average Bonchev–Trinajstić information content (AvgIpc) is 3.04. The van der Waals surface area contributed by atoms with Gasteiger partial charge in [0.2, 0.25) is 21.8 Å². The molecule has 2 aliphatic rings. The van der Waals surface area contributed by atoms with Gasteiger partial charge in [0.1, 0.15) is 10.6 Å². The summed E-state index contributed by atoms with van der Waals surface area (Å²) >= 11 is 5.93. The fourth-order valence-corrected chi connectivity index (χ4v) is 6.29. The van der Waals surface area contributed by atoms with Crippen molar-refractivity contribution < 1.29 is 22.7 Å². The predicted octanol–water partition coefficient (Wildman–Crippen LogP) is 4.06. The van der Waals surface area contributed by atoms with Crippen LogP contribution in [0.5, 0.6) is 5.75 Å². The molecule has 1 heterocycles. The molecular formula is C24H27ClN2O5S. The molecule has 176 valence electrons. The first-order chi connectivity index (χ1) is 15.7. The van der Waals surface area contributed by atoms with E-state index in [0.29, 0.717) is 10.6 Å². The number of hydrogen-bond acceptors (Lipinski definition) is 5. The van der Waals surface area contributed by atoms with Crippen molar-refractivity contribution in [3.8, 4) is 5.75 Å². The standard InChI is InChI=1S/C24H27ClN2O5S/c1-15(17-8-10-18(25)11-9-17)26-33(30,31)22-13-16(7-12-21(22)32-2)14-27-23(28)19-5-3-4-6-20(19)24(27)29/h7-13,15,19-20,26H,3-6,14H2,1-2H3/t15-,19?,20?/m1/s1. The number of ether oxygens (including phenoxy) is 1. The number of carbonyl (C=O) groups excluding carboxylic acids is 2. The van der Waals surface area contributed by atoms with Crippen LogP contribution in [0.25, 0.3) is 0 Å². The van der Waals surface area contributed by atoms with Crippen LogP contribution in [0.3, 0.4) is 0 Å². The number of likely N-dealkylation sites (tertiary alicyclic amines) is 1. The van der Waals surface area contributed by atoms with Gasteiger partial charge >= 0.3 is 0 Å². The Kier molecular flexibility index (Phi) is 6.79. The van der Waals surface area contributed by atoms with Gasteiger partial charge in [0.15, 0.2) is 0 Å². The highest BCUT2D eigenvalue weighted by Gasteiger charge is 2.47. The second-order valence-electron chi connectivity index (χ2n) is 8.64. The van der Waals surface area contributed by atoms with Crippen LogP contribution >= 0.6 is 11.6 Å². The van der Waals surface area contributed by atoms with Crippen LogP contribution < -0.4 is 9.46 Å². The minimum Gasteiger partial charge on any atom is -0.495 e. The Morgan fingerprint density at radius 3 is 2.24 bits per heavy atom. The van der Waals surface area contributed by atoms with E-state index in [2.05, 4.69) is 4.72 Å². The SMILES string of the molecule is COc1ccc(CN2C(=O)C3CCCCC3C2=O)cc1S(=O)(=O)N[C@H](C)c1ccc(Cl)cc1. The van der Waals surface area contributed by atoms with Gasteiger partial charge in [0.25, 0.3) is 0 Å². The van der Waals surface area contributed by atoms with Gasteiger partial charge in [-0.1, -0.05) is 42.6 Å². The van der Waals surface area contributed by atoms with E-state index in [0.717, 1.165) is 31.2 Å². The minimum absolute atomic E-state index is 0.0418. The number of fused-ring (bicyclic) bond motifs is 1. The number of methoxy groups -OCH3 is 1. The first-order valence-electron chi connectivity index (χ1n) is 11.0. The zero-order valence-corrected chi connectivity index (χ0v) is 20.2. The highest BCUT2D eigenvalue weighted by molar-refractivity contribution is 7.89. The molecule has 2 amide bonds. The van der Waals surface area contributed by atoms with Gasteiger partial charge in [-0.15, -0.1) is 0 Å². The first kappa shape index (κ1) is 23.7. The molecule has 2 aromatic carbocycles. The summed E-state index contributed by atoms with van der Waals surface area (Å²) < 4.78 is 34.4. The lowest BCUT2D eigenvalue weighted by molar-refractivity contribution is -0.140. The Morgan fingerprint density at radius 2 is 1.67 bits per heavy atom. The fourth-order valence-electron chi connectivity index (χ4n) is 4.71. The van der Waals surface area contributed by atoms with Crippen LogP contribution in [0, 0.1) is 11.8 Å². The maximum atomic E-state index is 13.2. The molecule has 1 aliphatic carbocycles. The molecule has 7 nitrogen and oxygen atoms in total. The van der Waals surface area contributed by atoms with Gasteiger partial charge in [0.05, 0.1) is 25.5 Å². The lowest BCUT2D eigenvalue weighted by Gasteiger charge is -2.19. The van der Waals surface area contributed by atoms with Crippen molar-refractivity contribution in [1.82, 2.24) is 9.62 Å². The van der Waals surface area contributed by atoms with E-state index in [1.54, 1.807) is 43.3 Å². The topological polar surface area (TPSA) is 92.8 Å². The highest BCUT2D eigenvalue weighted by Crippen LogP contribution is 2.39. The molecule has 9 heteroatoms. The zero-order valence-electron chi connectivity index (χ0n) is 18.6. The summed E-state index contributed by atoms with van der Waals surface area (Å²) in [6, 6.07) is 11.1. The molecule has 2 aromatic rings. The Balaban J connectivity index is 1.58. The van der Waals surface area contributed by atoms with Crippen LogP contribution in [-0.2, 0) is 26.2 Å². The largest absolute Gasteiger partial charge is 0.495 e. The summed E-state index contributed by atoms with van der Waals surface area (Å²) in [5.74, 6) is -0.606. The van der Waals surface area contributed by atoms with E-state index < -0.39 is 16.1 Å². The number of benzene rings is 2. The van der Waals surface area contributed by atoms with Crippen molar-refractivity contribution in [2.24, 2.45) is 11.8 Å². The number of nitrogens with zero attached hydrogens (tertiary/aromatic N) is 1. The van der Waals surface area contributed by atoms with Crippen molar-refractivity contribution in [3.05, 3.63) is 58.6 Å². The Bertz CT molecular complexity index is 1140. The molecule has 0 bridgehead atoms. The van der Waals surface area contributed by atoms with E-state index in [1.807, 2.05) is 0 Å². The average molecular weight is 491 g/mol. The Labute approximate surface area is 199 Å². The number of halogens is 1. The molecule has 1 N–H and O–H groups in total. The van der Waals surface area contributed by atoms with Crippen LogP contribution in [-0.4, -0.2) is 32.2 Å². The van der Waals surface area contributed by atoms with E-state index >= 15 is 0 Å². The smallest absolute Gasteiger partial charge is 0.244 e. The van der Waals surface area contributed by atoms with E-state index in [9.17, 15) is 18.0 Å². The number of nitrogens with one attached hydrogen (secondary N) is 1. The highest BCUT2D eigenvalue weighted by atomic mass is 35.5. The van der Waals surface area contributed by atoms with Crippen molar-refractivity contribution >= 4 is 33.4 Å². The molecule has 4 rings (SSSR count). The summed E-state index contributed by atoms with van der Waals surface area (Å²) in [5, 5.41) is 0.564. The Morgan fingerprint density at radius 1 is 1.06 bits per heavy atom. The van der Waals surface area contributed by atoms with Gasteiger partial charge in [0, 0.05) is 11.1 Å². The minimum atomic E-state index is -3.96. The number of amides is 2. The number of carbonyl (C=O) groups is 2. The van der Waals surface area contributed by atoms with E-state index in [-0.39, 0.29) is 40.8 Å². The lowest BCUT2D eigenvalue weighted by Crippen LogP contribution is -2.31. The van der Waals surface area contributed by atoms with Crippen LogP contribution in [0.2, 0.25) is 5.02 Å². The third-order valence-corrected chi connectivity index (χ3v) is 8.31. The molecule has 0 aromatic heterocycles. The third kappa shape index (κ3) is 4.78. The summed E-state index contributed by atoms with van der Waals surface area (Å²) in [4.78, 5) is 26.9. The van der Waals surface area contributed by atoms with Crippen molar-refractivity contribution in [3.63, 3.8) is 0 Å². The normalized spacial score (nSPS) is 21.7. The molecule has 1 saturated heterocycles. The van der Waals surface area contributed by atoms with Gasteiger partial charge in [-0.3, -0.25) is 14.5 Å². The molecule has 1 saturated carbocycles. The van der Waals surface area contributed by atoms with Crippen LogP contribution in [0.1, 0.15) is 49.8 Å². The number of rotatable bonds is 7. The predicted molar refractivity (Wildman–Crippen MR) is 124 cm³/mol. The third-order valence-electron chi connectivity index (χ3n) is 6.49. The maximum Gasteiger partial charge on any atom is 0.244 e. The molecule has 3 atom stereocenters. The van der Waals surface area contributed by atoms with Crippen molar-refractivity contribution in [1.29, 1.82) is 0 Å². The second-order valence-corrected chi connectivity index (χ2v) is 10.8. The second kappa shape index (κ2) is 9.44. The molecule has 1 aliphatic heterocycles. The number of imide groups is 1. The first-order valence-corrected chi connectivity index (χ1v) is 12.9. The van der Waals surface area contributed by atoms with Crippen molar-refractivity contribution in [2.75, 3.05) is 7.11 Å². The van der Waals surface area contributed by atoms with Crippen molar-refractivity contribution in [2.45, 2.75) is 50.1 Å². The van der Waals surface area contributed by atoms with Gasteiger partial charge in [-0.2, -0.15) is 0 Å². The summed E-state index contributed by atoms with van der Waals surface area (Å²) in [6.45, 7) is 1.78. The number of sulfonamides is 1. The summed E-state index contributed by atoms with van der Waals surface area (Å²) in [7, 11) is -2.56. The van der Waals surface area contributed by atoms with Gasteiger partial charge in [-0.25, -0.2) is 13.1 Å². The monoisotopic (exact) mass is 490 g/mol. The van der Waals surface area contributed by atoms with Crippen LogP contribution in [0.4, 0.5) is 0 Å². The molecule has 0 radical (unpaired) electrons. The summed E-state index contributed by atoms with van der Waals surface area (Å²) in [5.41, 5.74) is 1.31. The van der Waals surface area contributed by atoms with Gasteiger partial charge < -0.3 is 4.74 Å². The fraction of sp³-hybridized carbons (Fsp3) is 0.417. The zero-order chi connectivity index (χ0) is 23.8. The Hall–Kier alpha value is -2.42. The molecule has 33 heavy (non-hydrogen) atoms. The molecule has 0 spiro atoms. The van der Waals surface area contributed by atoms with E-state index in [4.69, 9.17) is 16.3 Å². The molecule has 2 unspecified atom stereocenters. The van der Waals surface area contributed by atoms with Crippen LogP contribution in [0.15, 0.2) is 47.4 Å². The van der Waals surface area contributed by atoms with Gasteiger partial charge in [-0.05, 0) is 55.2 Å². The molecular weight excluding hydrogens is 464 g/mol.